The molecule has 5 nitrogen and oxygen atoms in total. The Hall–Kier alpha value is -2.22. The molecule has 3 atom stereocenters. The SMILES string of the molecule is COc1ccc(COCC(CC(O)C(C)COc2cc(F)cc(F)c2)OC)cc1. The smallest absolute Gasteiger partial charge is 0.129 e. The highest BCUT2D eigenvalue weighted by Gasteiger charge is 2.21. The molecule has 0 saturated heterocycles. The summed E-state index contributed by atoms with van der Waals surface area (Å²) < 4.78 is 48.0. The Labute approximate surface area is 170 Å². The maximum Gasteiger partial charge on any atom is 0.129 e. The summed E-state index contributed by atoms with van der Waals surface area (Å²) in [4.78, 5) is 0. The van der Waals surface area contributed by atoms with Crippen LogP contribution in [0.15, 0.2) is 42.5 Å². The number of ether oxygens (including phenoxy) is 4. The van der Waals surface area contributed by atoms with Crippen molar-refractivity contribution in [3.8, 4) is 11.5 Å². The molecule has 0 aliphatic rings. The second kappa shape index (κ2) is 11.7. The summed E-state index contributed by atoms with van der Waals surface area (Å²) in [5.74, 6) is -0.805. The molecule has 3 unspecified atom stereocenters. The van der Waals surface area contributed by atoms with Crippen LogP contribution >= 0.6 is 0 Å². The molecule has 29 heavy (non-hydrogen) atoms. The van der Waals surface area contributed by atoms with Crippen LogP contribution in [0.25, 0.3) is 0 Å². The molecule has 0 aromatic heterocycles. The van der Waals surface area contributed by atoms with Crippen molar-refractivity contribution in [2.75, 3.05) is 27.4 Å². The predicted molar refractivity (Wildman–Crippen MR) is 105 cm³/mol. The zero-order valence-electron chi connectivity index (χ0n) is 16.9. The molecule has 0 saturated carbocycles. The molecule has 160 valence electrons. The van der Waals surface area contributed by atoms with Gasteiger partial charge < -0.3 is 24.1 Å². The number of rotatable bonds is 12. The minimum absolute atomic E-state index is 0.0904. The standard InChI is InChI=1S/C22H28F2O5/c1-15(12-29-20-9-17(23)8-18(24)10-20)22(25)11-21(27-3)14-28-13-16-4-6-19(26-2)7-5-16/h4-10,15,21-22,25H,11-14H2,1-3H3. The van der Waals surface area contributed by atoms with Gasteiger partial charge in [-0.3, -0.25) is 0 Å². The fraction of sp³-hybridized carbons (Fsp3) is 0.455. The molecule has 0 amide bonds. The average Bonchev–Trinajstić information content (AvgIpc) is 2.70. The molecule has 0 spiro atoms. The fourth-order valence-electron chi connectivity index (χ4n) is 2.71. The van der Waals surface area contributed by atoms with Gasteiger partial charge in [0.2, 0.25) is 0 Å². The van der Waals surface area contributed by atoms with Crippen LogP contribution in [0.1, 0.15) is 18.9 Å². The molecule has 2 rings (SSSR count). The first-order chi connectivity index (χ1) is 13.9. The second-order valence-corrected chi connectivity index (χ2v) is 6.92. The van der Waals surface area contributed by atoms with E-state index in [0.717, 1.165) is 29.5 Å². The molecule has 0 aliphatic carbocycles. The first-order valence-corrected chi connectivity index (χ1v) is 9.41. The normalized spacial score (nSPS) is 14.3. The largest absolute Gasteiger partial charge is 0.497 e. The molecule has 2 aromatic rings. The van der Waals surface area contributed by atoms with Crippen LogP contribution in [0, 0.1) is 17.6 Å². The van der Waals surface area contributed by atoms with Crippen molar-refractivity contribution >= 4 is 0 Å². The zero-order valence-corrected chi connectivity index (χ0v) is 16.9. The summed E-state index contributed by atoms with van der Waals surface area (Å²) in [5.41, 5.74) is 1.00. The lowest BCUT2D eigenvalue weighted by atomic mass is 10.00. The van der Waals surface area contributed by atoms with Crippen LogP contribution in [0.2, 0.25) is 0 Å². The lowest BCUT2D eigenvalue weighted by molar-refractivity contribution is -0.0352. The van der Waals surface area contributed by atoms with E-state index >= 15 is 0 Å². The molecule has 0 fully saturated rings. The van der Waals surface area contributed by atoms with Gasteiger partial charge in [-0.15, -0.1) is 0 Å². The summed E-state index contributed by atoms with van der Waals surface area (Å²) in [7, 11) is 3.17. The van der Waals surface area contributed by atoms with Gasteiger partial charge in [0, 0.05) is 37.6 Å². The van der Waals surface area contributed by atoms with Gasteiger partial charge in [-0.1, -0.05) is 19.1 Å². The van der Waals surface area contributed by atoms with E-state index in [9.17, 15) is 13.9 Å². The first-order valence-electron chi connectivity index (χ1n) is 9.41. The average molecular weight is 410 g/mol. The third-order valence-corrected chi connectivity index (χ3v) is 4.58. The lowest BCUT2D eigenvalue weighted by Crippen LogP contribution is -2.31. The summed E-state index contributed by atoms with van der Waals surface area (Å²) in [5, 5.41) is 10.4. The first kappa shape index (κ1) is 23.1. The van der Waals surface area contributed by atoms with Gasteiger partial charge in [-0.25, -0.2) is 8.78 Å². The van der Waals surface area contributed by atoms with E-state index in [1.807, 2.05) is 24.3 Å². The molecule has 1 N–H and O–H groups in total. The van der Waals surface area contributed by atoms with Crippen LogP contribution in [0.5, 0.6) is 11.5 Å². The van der Waals surface area contributed by atoms with Crippen molar-refractivity contribution in [2.24, 2.45) is 5.92 Å². The maximum atomic E-state index is 13.2. The third-order valence-electron chi connectivity index (χ3n) is 4.58. The lowest BCUT2D eigenvalue weighted by Gasteiger charge is -2.24. The van der Waals surface area contributed by atoms with E-state index in [4.69, 9.17) is 18.9 Å². The van der Waals surface area contributed by atoms with E-state index < -0.39 is 17.7 Å². The van der Waals surface area contributed by atoms with Crippen molar-refractivity contribution in [3.05, 3.63) is 59.7 Å². The topological polar surface area (TPSA) is 57.2 Å². The highest BCUT2D eigenvalue weighted by atomic mass is 19.1. The van der Waals surface area contributed by atoms with E-state index in [1.54, 1.807) is 21.1 Å². The minimum atomic E-state index is -0.719. The Kier molecular flexibility index (Phi) is 9.31. The highest BCUT2D eigenvalue weighted by molar-refractivity contribution is 5.26. The Morgan fingerprint density at radius 3 is 2.17 bits per heavy atom. The summed E-state index contributed by atoms with van der Waals surface area (Å²) in [6, 6.07) is 10.6. The number of hydrogen-bond acceptors (Lipinski definition) is 5. The minimum Gasteiger partial charge on any atom is -0.497 e. The van der Waals surface area contributed by atoms with Gasteiger partial charge in [-0.05, 0) is 17.7 Å². The van der Waals surface area contributed by atoms with Crippen molar-refractivity contribution in [1.82, 2.24) is 0 Å². The molecule has 2 aromatic carbocycles. The van der Waals surface area contributed by atoms with Gasteiger partial charge in [0.15, 0.2) is 0 Å². The van der Waals surface area contributed by atoms with E-state index in [0.29, 0.717) is 19.6 Å². The fourth-order valence-corrected chi connectivity index (χ4v) is 2.71. The zero-order chi connectivity index (χ0) is 21.2. The molecule has 0 heterocycles. The van der Waals surface area contributed by atoms with E-state index in [2.05, 4.69) is 0 Å². The molecule has 0 aliphatic heterocycles. The number of aliphatic hydroxyl groups excluding tert-OH is 1. The molecule has 7 heteroatoms. The van der Waals surface area contributed by atoms with Crippen molar-refractivity contribution in [3.63, 3.8) is 0 Å². The van der Waals surface area contributed by atoms with Crippen LogP contribution in [-0.2, 0) is 16.1 Å². The quantitative estimate of drug-likeness (QED) is 0.574. The molecule has 0 bridgehead atoms. The Morgan fingerprint density at radius 2 is 1.59 bits per heavy atom. The highest BCUT2D eigenvalue weighted by Crippen LogP contribution is 2.19. The number of halogens is 2. The Morgan fingerprint density at radius 1 is 0.931 bits per heavy atom. The Bertz CT molecular complexity index is 718. The van der Waals surface area contributed by atoms with E-state index in [1.165, 1.54) is 0 Å². The number of methoxy groups -OCH3 is 2. The van der Waals surface area contributed by atoms with E-state index in [-0.39, 0.29) is 24.4 Å². The monoisotopic (exact) mass is 410 g/mol. The molecular formula is C22H28F2O5. The molecular weight excluding hydrogens is 382 g/mol. The van der Waals surface area contributed by atoms with Crippen LogP contribution in [-0.4, -0.2) is 44.7 Å². The van der Waals surface area contributed by atoms with Crippen molar-refractivity contribution in [2.45, 2.75) is 32.2 Å². The maximum absolute atomic E-state index is 13.2. The van der Waals surface area contributed by atoms with Crippen molar-refractivity contribution < 1.29 is 32.8 Å². The van der Waals surface area contributed by atoms with Gasteiger partial charge in [0.25, 0.3) is 0 Å². The van der Waals surface area contributed by atoms with Gasteiger partial charge in [0.1, 0.15) is 23.1 Å². The summed E-state index contributed by atoms with van der Waals surface area (Å²) in [6.45, 7) is 2.66. The number of aliphatic hydroxyl groups is 1. The second-order valence-electron chi connectivity index (χ2n) is 6.92. The Balaban J connectivity index is 1.74. The van der Waals surface area contributed by atoms with Crippen LogP contribution in [0.3, 0.4) is 0 Å². The van der Waals surface area contributed by atoms with Gasteiger partial charge in [0.05, 0.1) is 39.1 Å². The van der Waals surface area contributed by atoms with Crippen LogP contribution < -0.4 is 9.47 Å². The van der Waals surface area contributed by atoms with Crippen molar-refractivity contribution in [1.29, 1.82) is 0 Å². The van der Waals surface area contributed by atoms with Gasteiger partial charge in [-0.2, -0.15) is 0 Å². The van der Waals surface area contributed by atoms with Crippen LogP contribution in [0.4, 0.5) is 8.78 Å². The number of benzene rings is 2. The summed E-state index contributed by atoms with van der Waals surface area (Å²) in [6.07, 6.45) is -0.665. The summed E-state index contributed by atoms with van der Waals surface area (Å²) >= 11 is 0. The third kappa shape index (κ3) is 7.97. The molecule has 0 radical (unpaired) electrons. The predicted octanol–water partition coefficient (Wildman–Crippen LogP) is 3.97. The number of hydrogen-bond donors (Lipinski definition) is 1. The van der Waals surface area contributed by atoms with Gasteiger partial charge >= 0.3 is 0 Å².